The van der Waals surface area contributed by atoms with E-state index < -0.39 is 0 Å². The highest BCUT2D eigenvalue weighted by Gasteiger charge is 2.26. The average Bonchev–Trinajstić information content (AvgIpc) is 1.82. The minimum atomic E-state index is 0.365. The average molecular weight is 169 g/mol. The first-order valence-corrected chi connectivity index (χ1v) is 4.61. The number of allylic oxidation sites excluding steroid dienone is 1. The van der Waals surface area contributed by atoms with E-state index in [1.165, 1.54) is 5.70 Å². The second-order valence-corrected chi connectivity index (χ2v) is 3.89. The van der Waals surface area contributed by atoms with Gasteiger partial charge in [0.25, 0.3) is 0 Å². The molecule has 0 saturated carbocycles. The van der Waals surface area contributed by atoms with Crippen molar-refractivity contribution in [1.82, 2.24) is 4.90 Å². The van der Waals surface area contributed by atoms with Gasteiger partial charge >= 0.3 is 0 Å². The summed E-state index contributed by atoms with van der Waals surface area (Å²) in [5, 5.41) is 0. The Balaban J connectivity index is 2.06. The number of likely N-dealkylation sites (tertiary alicyclic amines) is 1. The summed E-state index contributed by atoms with van der Waals surface area (Å²) in [4.78, 5) is 2.29. The highest BCUT2D eigenvalue weighted by atomic mass is 16.5. The third-order valence-corrected chi connectivity index (χ3v) is 2.16. The maximum Gasteiger partial charge on any atom is 0.0531 e. The van der Waals surface area contributed by atoms with Gasteiger partial charge in [0.1, 0.15) is 0 Å². The van der Waals surface area contributed by atoms with E-state index in [0.29, 0.717) is 6.10 Å². The van der Waals surface area contributed by atoms with Crippen LogP contribution in [-0.2, 0) is 4.74 Å². The molecule has 0 unspecified atom stereocenters. The van der Waals surface area contributed by atoms with Crippen molar-refractivity contribution in [3.05, 3.63) is 12.3 Å². The zero-order valence-corrected chi connectivity index (χ0v) is 8.34. The minimum Gasteiger partial charge on any atom is -0.378 e. The van der Waals surface area contributed by atoms with E-state index in [-0.39, 0.29) is 0 Å². The van der Waals surface area contributed by atoms with Crippen molar-refractivity contribution >= 4 is 0 Å². The van der Waals surface area contributed by atoms with Crippen molar-refractivity contribution in [2.45, 2.75) is 26.9 Å². The zero-order chi connectivity index (χ0) is 9.14. The predicted molar refractivity (Wildman–Crippen MR) is 51.0 cm³/mol. The van der Waals surface area contributed by atoms with Gasteiger partial charge in [0.15, 0.2) is 0 Å². The molecule has 2 heteroatoms. The fourth-order valence-corrected chi connectivity index (χ4v) is 1.32. The standard InChI is InChI=1S/C10H19NO/c1-8(2)11-5-10(6-11)7-12-9(3)4/h9-10H,1,5-7H2,2-4H3. The summed E-state index contributed by atoms with van der Waals surface area (Å²) < 4.78 is 5.52. The number of rotatable bonds is 4. The molecule has 1 heterocycles. The Labute approximate surface area is 75.2 Å². The van der Waals surface area contributed by atoms with Crippen LogP contribution in [0.1, 0.15) is 20.8 Å². The molecular weight excluding hydrogens is 150 g/mol. The van der Waals surface area contributed by atoms with Crippen molar-refractivity contribution in [2.75, 3.05) is 19.7 Å². The second-order valence-electron chi connectivity index (χ2n) is 3.89. The summed E-state index contributed by atoms with van der Waals surface area (Å²) in [7, 11) is 0. The van der Waals surface area contributed by atoms with Gasteiger partial charge in [0.05, 0.1) is 12.7 Å². The summed E-state index contributed by atoms with van der Waals surface area (Å²) in [5.41, 5.74) is 1.18. The van der Waals surface area contributed by atoms with Gasteiger partial charge in [0, 0.05) is 24.7 Å². The Kier molecular flexibility index (Phi) is 3.15. The lowest BCUT2D eigenvalue weighted by Gasteiger charge is -2.41. The highest BCUT2D eigenvalue weighted by Crippen LogP contribution is 2.19. The molecule has 0 N–H and O–H groups in total. The Morgan fingerprint density at radius 2 is 2.17 bits per heavy atom. The van der Waals surface area contributed by atoms with Gasteiger partial charge < -0.3 is 9.64 Å². The SMILES string of the molecule is C=C(C)N1CC(COC(C)C)C1. The van der Waals surface area contributed by atoms with E-state index in [2.05, 4.69) is 32.3 Å². The van der Waals surface area contributed by atoms with Crippen molar-refractivity contribution in [2.24, 2.45) is 5.92 Å². The number of hydrogen-bond acceptors (Lipinski definition) is 2. The predicted octanol–water partition coefficient (Wildman–Crippen LogP) is 1.88. The molecule has 0 radical (unpaired) electrons. The Morgan fingerprint density at radius 1 is 1.58 bits per heavy atom. The van der Waals surface area contributed by atoms with Crippen LogP contribution in [0.15, 0.2) is 12.3 Å². The van der Waals surface area contributed by atoms with E-state index >= 15 is 0 Å². The molecule has 0 aromatic rings. The molecule has 12 heavy (non-hydrogen) atoms. The van der Waals surface area contributed by atoms with E-state index in [4.69, 9.17) is 4.74 Å². The molecule has 1 aliphatic rings. The Hall–Kier alpha value is -0.500. The van der Waals surface area contributed by atoms with Gasteiger partial charge in [-0.3, -0.25) is 0 Å². The fraction of sp³-hybridized carbons (Fsp3) is 0.800. The van der Waals surface area contributed by atoms with Gasteiger partial charge in [-0.25, -0.2) is 0 Å². The first-order chi connectivity index (χ1) is 5.59. The van der Waals surface area contributed by atoms with E-state index in [1.807, 2.05) is 0 Å². The summed E-state index contributed by atoms with van der Waals surface area (Å²) in [5.74, 6) is 0.726. The lowest BCUT2D eigenvalue weighted by Crippen LogP contribution is -2.47. The van der Waals surface area contributed by atoms with Crippen LogP contribution in [-0.4, -0.2) is 30.7 Å². The summed E-state index contributed by atoms with van der Waals surface area (Å²) >= 11 is 0. The molecule has 1 saturated heterocycles. The number of nitrogens with zero attached hydrogens (tertiary/aromatic N) is 1. The molecule has 0 aromatic carbocycles. The van der Waals surface area contributed by atoms with Crippen LogP contribution in [0.5, 0.6) is 0 Å². The lowest BCUT2D eigenvalue weighted by molar-refractivity contribution is 0.00310. The number of hydrogen-bond donors (Lipinski definition) is 0. The van der Waals surface area contributed by atoms with Crippen molar-refractivity contribution in [3.63, 3.8) is 0 Å². The summed E-state index contributed by atoms with van der Waals surface area (Å²) in [6.45, 7) is 13.3. The van der Waals surface area contributed by atoms with Gasteiger partial charge in [-0.1, -0.05) is 6.58 Å². The van der Waals surface area contributed by atoms with Crippen molar-refractivity contribution in [3.8, 4) is 0 Å². The molecule has 1 aliphatic heterocycles. The normalized spacial score (nSPS) is 18.2. The lowest BCUT2D eigenvalue weighted by atomic mass is 10.0. The summed E-state index contributed by atoms with van der Waals surface area (Å²) in [6.07, 6.45) is 0.365. The van der Waals surface area contributed by atoms with Crippen LogP contribution < -0.4 is 0 Å². The van der Waals surface area contributed by atoms with Gasteiger partial charge in [-0.2, -0.15) is 0 Å². The van der Waals surface area contributed by atoms with E-state index in [0.717, 1.165) is 25.6 Å². The number of ether oxygens (including phenoxy) is 1. The molecule has 0 spiro atoms. The molecule has 0 atom stereocenters. The molecule has 1 fully saturated rings. The highest BCUT2D eigenvalue weighted by molar-refractivity contribution is 4.96. The molecule has 0 aliphatic carbocycles. The quantitative estimate of drug-likeness (QED) is 0.637. The van der Waals surface area contributed by atoms with Gasteiger partial charge in [0.2, 0.25) is 0 Å². The van der Waals surface area contributed by atoms with Crippen LogP contribution >= 0.6 is 0 Å². The first kappa shape index (κ1) is 9.59. The topological polar surface area (TPSA) is 12.5 Å². The largest absolute Gasteiger partial charge is 0.378 e. The van der Waals surface area contributed by atoms with Crippen molar-refractivity contribution < 1.29 is 4.74 Å². The summed E-state index contributed by atoms with van der Waals surface area (Å²) in [6, 6.07) is 0. The third kappa shape index (κ3) is 2.52. The molecule has 0 bridgehead atoms. The van der Waals surface area contributed by atoms with E-state index in [1.54, 1.807) is 0 Å². The van der Waals surface area contributed by atoms with Crippen LogP contribution in [0.2, 0.25) is 0 Å². The Bertz CT molecular complexity index is 159. The molecule has 0 amide bonds. The van der Waals surface area contributed by atoms with Gasteiger partial charge in [-0.15, -0.1) is 0 Å². The molecule has 1 rings (SSSR count). The minimum absolute atomic E-state index is 0.365. The smallest absolute Gasteiger partial charge is 0.0531 e. The van der Waals surface area contributed by atoms with Crippen LogP contribution in [0.25, 0.3) is 0 Å². The maximum absolute atomic E-state index is 5.52. The van der Waals surface area contributed by atoms with Crippen LogP contribution in [0, 0.1) is 5.92 Å². The van der Waals surface area contributed by atoms with Gasteiger partial charge in [-0.05, 0) is 20.8 Å². The molecule has 2 nitrogen and oxygen atoms in total. The molecule has 0 aromatic heterocycles. The second kappa shape index (κ2) is 3.94. The van der Waals surface area contributed by atoms with Crippen LogP contribution in [0.4, 0.5) is 0 Å². The molecular formula is C10H19NO. The zero-order valence-electron chi connectivity index (χ0n) is 8.34. The Morgan fingerprint density at radius 3 is 2.58 bits per heavy atom. The van der Waals surface area contributed by atoms with E-state index in [9.17, 15) is 0 Å². The monoisotopic (exact) mass is 169 g/mol. The fourth-order valence-electron chi connectivity index (χ4n) is 1.32. The van der Waals surface area contributed by atoms with Crippen LogP contribution in [0.3, 0.4) is 0 Å². The first-order valence-electron chi connectivity index (χ1n) is 4.61. The van der Waals surface area contributed by atoms with Crippen molar-refractivity contribution in [1.29, 1.82) is 0 Å². The maximum atomic E-state index is 5.52. The molecule has 70 valence electrons. The third-order valence-electron chi connectivity index (χ3n) is 2.16.